The van der Waals surface area contributed by atoms with Crippen LogP contribution < -0.4 is 0 Å². The molecule has 0 unspecified atom stereocenters. The number of hydrogen-bond acceptors (Lipinski definition) is 2. The predicted molar refractivity (Wildman–Crippen MR) is 77.9 cm³/mol. The molecule has 3 nitrogen and oxygen atoms in total. The first-order chi connectivity index (χ1) is 9.85. The summed E-state index contributed by atoms with van der Waals surface area (Å²) >= 11 is 0. The first-order valence-electron chi connectivity index (χ1n) is 6.42. The Morgan fingerprint density at radius 3 is 2.40 bits per heavy atom. The number of benzene rings is 2. The summed E-state index contributed by atoms with van der Waals surface area (Å²) in [5.41, 5.74) is 4.09. The molecule has 20 heavy (non-hydrogen) atoms. The molecule has 0 atom stereocenters. The second-order valence-corrected chi connectivity index (χ2v) is 4.60. The van der Waals surface area contributed by atoms with Crippen molar-refractivity contribution in [2.45, 2.75) is 6.54 Å². The Bertz CT molecular complexity index is 734. The summed E-state index contributed by atoms with van der Waals surface area (Å²) in [6, 6.07) is 19.9. The highest BCUT2D eigenvalue weighted by Crippen LogP contribution is 2.18. The lowest BCUT2D eigenvalue weighted by molar-refractivity contribution is 0.687. The molecule has 0 saturated heterocycles. The van der Waals surface area contributed by atoms with E-state index in [2.05, 4.69) is 23.3 Å². The van der Waals surface area contributed by atoms with Crippen molar-refractivity contribution in [3.8, 4) is 17.2 Å². The van der Waals surface area contributed by atoms with Gasteiger partial charge in [-0.3, -0.25) is 4.68 Å². The Morgan fingerprint density at radius 1 is 0.950 bits per heavy atom. The predicted octanol–water partition coefficient (Wildman–Crippen LogP) is 3.47. The summed E-state index contributed by atoms with van der Waals surface area (Å²) in [5.74, 6) is 0. The number of nitriles is 1. The topological polar surface area (TPSA) is 41.6 Å². The minimum Gasteiger partial charge on any atom is -0.268 e. The van der Waals surface area contributed by atoms with Crippen LogP contribution >= 0.6 is 0 Å². The number of nitrogens with zero attached hydrogens (tertiary/aromatic N) is 3. The van der Waals surface area contributed by atoms with Gasteiger partial charge in [0.25, 0.3) is 0 Å². The summed E-state index contributed by atoms with van der Waals surface area (Å²) in [6.07, 6.45) is 3.91. The molecule has 0 N–H and O–H groups in total. The van der Waals surface area contributed by atoms with E-state index in [0.29, 0.717) is 12.1 Å². The van der Waals surface area contributed by atoms with Gasteiger partial charge in [-0.05, 0) is 23.3 Å². The highest BCUT2D eigenvalue weighted by Gasteiger charge is 2.02. The van der Waals surface area contributed by atoms with Crippen LogP contribution in [0.15, 0.2) is 67.0 Å². The smallest absolute Gasteiger partial charge is 0.0991 e. The molecule has 3 aromatic rings. The van der Waals surface area contributed by atoms with Gasteiger partial charge in [0.1, 0.15) is 0 Å². The van der Waals surface area contributed by atoms with E-state index in [1.807, 2.05) is 59.5 Å². The average Bonchev–Trinajstić information content (AvgIpc) is 2.97. The molecule has 0 fully saturated rings. The highest BCUT2D eigenvalue weighted by molar-refractivity contribution is 5.61. The minimum absolute atomic E-state index is 0.680. The molecule has 3 rings (SSSR count). The third-order valence-electron chi connectivity index (χ3n) is 3.17. The van der Waals surface area contributed by atoms with Crippen LogP contribution in [-0.2, 0) is 6.54 Å². The number of rotatable bonds is 3. The normalized spacial score (nSPS) is 10.2. The van der Waals surface area contributed by atoms with Crippen molar-refractivity contribution in [3.05, 3.63) is 78.1 Å². The molecular weight excluding hydrogens is 246 g/mol. The SMILES string of the molecule is N#Cc1ccc(Cn2cc(-c3ccccc3)cn2)cc1. The van der Waals surface area contributed by atoms with Gasteiger partial charge < -0.3 is 0 Å². The van der Waals surface area contributed by atoms with Crippen molar-refractivity contribution >= 4 is 0 Å². The lowest BCUT2D eigenvalue weighted by Gasteiger charge is -2.01. The van der Waals surface area contributed by atoms with E-state index in [1.165, 1.54) is 5.56 Å². The van der Waals surface area contributed by atoms with E-state index in [9.17, 15) is 0 Å². The summed E-state index contributed by atoms with van der Waals surface area (Å²) in [6.45, 7) is 0.707. The van der Waals surface area contributed by atoms with Crippen LogP contribution in [0, 0.1) is 11.3 Å². The van der Waals surface area contributed by atoms with Crippen LogP contribution in [0.4, 0.5) is 0 Å². The minimum atomic E-state index is 0.680. The number of aromatic nitrogens is 2. The van der Waals surface area contributed by atoms with Crippen molar-refractivity contribution in [2.24, 2.45) is 0 Å². The third kappa shape index (κ3) is 2.60. The second-order valence-electron chi connectivity index (χ2n) is 4.60. The van der Waals surface area contributed by atoms with Crippen LogP contribution in [0.3, 0.4) is 0 Å². The zero-order valence-electron chi connectivity index (χ0n) is 10.9. The lowest BCUT2D eigenvalue weighted by atomic mass is 10.1. The summed E-state index contributed by atoms with van der Waals surface area (Å²) < 4.78 is 1.91. The first kappa shape index (κ1) is 12.2. The van der Waals surface area contributed by atoms with Crippen molar-refractivity contribution in [2.75, 3.05) is 0 Å². The first-order valence-corrected chi connectivity index (χ1v) is 6.42. The molecule has 1 heterocycles. The van der Waals surface area contributed by atoms with Crippen LogP contribution in [-0.4, -0.2) is 9.78 Å². The van der Waals surface area contributed by atoms with Gasteiger partial charge >= 0.3 is 0 Å². The second kappa shape index (κ2) is 5.41. The monoisotopic (exact) mass is 259 g/mol. The quantitative estimate of drug-likeness (QED) is 0.722. The fourth-order valence-corrected chi connectivity index (χ4v) is 2.10. The molecule has 0 aliphatic carbocycles. The molecule has 3 heteroatoms. The zero-order chi connectivity index (χ0) is 13.8. The Morgan fingerprint density at radius 2 is 1.70 bits per heavy atom. The average molecular weight is 259 g/mol. The number of hydrogen-bond donors (Lipinski definition) is 0. The van der Waals surface area contributed by atoms with Crippen LogP contribution in [0.5, 0.6) is 0 Å². The largest absolute Gasteiger partial charge is 0.268 e. The maximum atomic E-state index is 8.78. The van der Waals surface area contributed by atoms with Gasteiger partial charge in [0.05, 0.1) is 24.4 Å². The molecular formula is C17H13N3. The molecule has 0 spiro atoms. The summed E-state index contributed by atoms with van der Waals surface area (Å²) in [5, 5.41) is 13.2. The van der Waals surface area contributed by atoms with Gasteiger partial charge in [-0.25, -0.2) is 0 Å². The fourth-order valence-electron chi connectivity index (χ4n) is 2.10. The molecule has 0 bridgehead atoms. The molecule has 2 aromatic carbocycles. The van der Waals surface area contributed by atoms with E-state index in [1.54, 1.807) is 0 Å². The summed E-state index contributed by atoms with van der Waals surface area (Å²) in [7, 11) is 0. The highest BCUT2D eigenvalue weighted by atomic mass is 15.3. The van der Waals surface area contributed by atoms with E-state index in [0.717, 1.165) is 11.1 Å². The Balaban J connectivity index is 1.79. The standard InChI is InChI=1S/C17H13N3/c18-10-14-6-8-15(9-7-14)12-20-13-17(11-19-20)16-4-2-1-3-5-16/h1-9,11,13H,12H2. The van der Waals surface area contributed by atoms with Gasteiger partial charge in [-0.1, -0.05) is 42.5 Å². The van der Waals surface area contributed by atoms with Crippen molar-refractivity contribution in [1.29, 1.82) is 5.26 Å². The van der Waals surface area contributed by atoms with Crippen LogP contribution in [0.2, 0.25) is 0 Å². The van der Waals surface area contributed by atoms with E-state index in [4.69, 9.17) is 5.26 Å². The summed E-state index contributed by atoms with van der Waals surface area (Å²) in [4.78, 5) is 0. The van der Waals surface area contributed by atoms with Crippen molar-refractivity contribution in [1.82, 2.24) is 9.78 Å². The van der Waals surface area contributed by atoms with Crippen LogP contribution in [0.25, 0.3) is 11.1 Å². The maximum Gasteiger partial charge on any atom is 0.0991 e. The van der Waals surface area contributed by atoms with Crippen LogP contribution in [0.1, 0.15) is 11.1 Å². The molecule has 0 saturated carbocycles. The third-order valence-corrected chi connectivity index (χ3v) is 3.17. The van der Waals surface area contributed by atoms with Gasteiger partial charge in [-0.15, -0.1) is 0 Å². The molecule has 0 aliphatic rings. The molecule has 96 valence electrons. The van der Waals surface area contributed by atoms with E-state index >= 15 is 0 Å². The molecule has 0 aliphatic heterocycles. The zero-order valence-corrected chi connectivity index (χ0v) is 10.9. The Hall–Kier alpha value is -2.86. The Kier molecular flexibility index (Phi) is 3.30. The van der Waals surface area contributed by atoms with Gasteiger partial charge in [0.15, 0.2) is 0 Å². The molecule has 0 radical (unpaired) electrons. The molecule has 0 amide bonds. The van der Waals surface area contributed by atoms with Gasteiger partial charge in [0, 0.05) is 11.8 Å². The van der Waals surface area contributed by atoms with E-state index in [-0.39, 0.29) is 0 Å². The lowest BCUT2D eigenvalue weighted by Crippen LogP contribution is -1.99. The Labute approximate surface area is 117 Å². The van der Waals surface area contributed by atoms with Gasteiger partial charge in [0.2, 0.25) is 0 Å². The van der Waals surface area contributed by atoms with Crippen molar-refractivity contribution < 1.29 is 0 Å². The fraction of sp³-hybridized carbons (Fsp3) is 0.0588. The van der Waals surface area contributed by atoms with Gasteiger partial charge in [-0.2, -0.15) is 10.4 Å². The van der Waals surface area contributed by atoms with Crippen molar-refractivity contribution in [3.63, 3.8) is 0 Å². The molecule has 1 aromatic heterocycles. The maximum absolute atomic E-state index is 8.78. The van der Waals surface area contributed by atoms with E-state index < -0.39 is 0 Å².